The van der Waals surface area contributed by atoms with Crippen LogP contribution in [0.15, 0.2) is 18.3 Å². The molecular weight excluding hydrogens is 391 g/mol. The van der Waals surface area contributed by atoms with Gasteiger partial charge in [-0.15, -0.1) is 0 Å². The molecule has 8 nitrogen and oxygen atoms in total. The van der Waals surface area contributed by atoms with E-state index in [0.717, 1.165) is 27.0 Å². The maximum atomic E-state index is 12.7. The predicted octanol–water partition coefficient (Wildman–Crippen LogP) is -0.371. The lowest BCUT2D eigenvalue weighted by Gasteiger charge is -2.30. The van der Waals surface area contributed by atoms with Crippen LogP contribution >= 0.6 is 0 Å². The van der Waals surface area contributed by atoms with E-state index >= 15 is 0 Å². The van der Waals surface area contributed by atoms with Gasteiger partial charge in [-0.05, 0) is 12.0 Å². The van der Waals surface area contributed by atoms with Crippen molar-refractivity contribution in [1.82, 2.24) is 9.80 Å². The zero-order valence-corrected chi connectivity index (χ0v) is 16.3. The Hall–Kier alpha value is -2.69. The molecule has 0 spiro atoms. The third-order valence-corrected chi connectivity index (χ3v) is 5.00. The SMILES string of the molecule is CC(C)CN1C(=O)C(=O)N(C[NH+]2CCN(c3ccc(C(F)(F)F)c[nH+]3)CC2)C1=O. The van der Waals surface area contributed by atoms with Crippen molar-refractivity contribution >= 4 is 23.7 Å². The molecule has 0 atom stereocenters. The number of aromatic amines is 1. The van der Waals surface area contributed by atoms with Crippen LogP contribution in [-0.2, 0) is 15.8 Å². The maximum Gasteiger partial charge on any atom is 0.419 e. The molecule has 2 fully saturated rings. The van der Waals surface area contributed by atoms with Crippen LogP contribution in [0.3, 0.4) is 0 Å². The highest BCUT2D eigenvalue weighted by Crippen LogP contribution is 2.28. The molecule has 0 aliphatic carbocycles. The quantitative estimate of drug-likeness (QED) is 0.526. The molecule has 4 amide bonds. The van der Waals surface area contributed by atoms with Gasteiger partial charge >= 0.3 is 24.0 Å². The van der Waals surface area contributed by atoms with Crippen LogP contribution in [0.4, 0.5) is 23.8 Å². The summed E-state index contributed by atoms with van der Waals surface area (Å²) in [4.78, 5) is 44.2. The molecule has 0 aromatic carbocycles. The zero-order chi connectivity index (χ0) is 21.3. The number of imide groups is 2. The highest BCUT2D eigenvalue weighted by Gasteiger charge is 2.46. The van der Waals surface area contributed by atoms with E-state index in [2.05, 4.69) is 4.98 Å². The number of carbonyl (C=O) groups is 3. The molecule has 0 radical (unpaired) electrons. The number of nitrogens with zero attached hydrogens (tertiary/aromatic N) is 3. The van der Waals surface area contributed by atoms with Crippen molar-refractivity contribution in [2.24, 2.45) is 5.92 Å². The second kappa shape index (κ2) is 7.97. The lowest BCUT2D eigenvalue weighted by atomic mass is 10.2. The van der Waals surface area contributed by atoms with Crippen molar-refractivity contribution in [3.63, 3.8) is 0 Å². The predicted molar refractivity (Wildman–Crippen MR) is 94.6 cm³/mol. The van der Waals surface area contributed by atoms with Gasteiger partial charge in [0.05, 0.1) is 5.56 Å². The second-order valence-electron chi connectivity index (χ2n) is 7.68. The number of aromatic nitrogens is 1. The third kappa shape index (κ3) is 4.50. The van der Waals surface area contributed by atoms with E-state index in [0.29, 0.717) is 32.0 Å². The minimum Gasteiger partial charge on any atom is -0.311 e. The normalized spacial score (nSPS) is 19.1. The number of rotatable bonds is 5. The number of piperazine rings is 1. The van der Waals surface area contributed by atoms with E-state index in [-0.39, 0.29) is 19.1 Å². The van der Waals surface area contributed by atoms with Crippen LogP contribution in [0.25, 0.3) is 0 Å². The zero-order valence-electron chi connectivity index (χ0n) is 16.3. The van der Waals surface area contributed by atoms with Crippen molar-refractivity contribution in [3.8, 4) is 0 Å². The van der Waals surface area contributed by atoms with Crippen molar-refractivity contribution in [3.05, 3.63) is 23.9 Å². The standard InChI is InChI=1S/C18H22F3N5O3/c1-12(2)10-25-15(27)16(28)26(17(25)29)11-23-5-7-24(8-6-23)14-4-3-13(9-22-14)18(19,20)21/h3-4,9,12H,5-8,10-11H2,1-2H3/p+2. The Labute approximate surface area is 165 Å². The van der Waals surface area contributed by atoms with Gasteiger partial charge in [0.1, 0.15) is 32.4 Å². The van der Waals surface area contributed by atoms with Gasteiger partial charge in [-0.25, -0.2) is 14.7 Å². The number of hydrogen-bond donors (Lipinski definition) is 1. The highest BCUT2D eigenvalue weighted by atomic mass is 19.4. The Morgan fingerprint density at radius 2 is 1.69 bits per heavy atom. The van der Waals surface area contributed by atoms with E-state index in [9.17, 15) is 27.6 Å². The number of amides is 4. The smallest absolute Gasteiger partial charge is 0.311 e. The molecule has 0 bridgehead atoms. The minimum absolute atomic E-state index is 0.0616. The molecule has 11 heteroatoms. The Bertz CT molecular complexity index is 789. The first-order chi connectivity index (χ1) is 13.6. The minimum atomic E-state index is -4.40. The number of anilines is 1. The summed E-state index contributed by atoms with van der Waals surface area (Å²) in [6.07, 6.45) is -3.46. The fourth-order valence-electron chi connectivity index (χ4n) is 3.45. The van der Waals surface area contributed by atoms with Gasteiger partial charge in [0.25, 0.3) is 5.82 Å². The molecule has 2 aliphatic heterocycles. The number of hydrogen-bond acceptors (Lipinski definition) is 4. The van der Waals surface area contributed by atoms with Crippen molar-refractivity contribution < 1.29 is 37.4 Å². The van der Waals surface area contributed by atoms with Crippen molar-refractivity contribution in [2.75, 3.05) is 44.3 Å². The molecule has 0 unspecified atom stereocenters. The number of alkyl halides is 3. The second-order valence-corrected chi connectivity index (χ2v) is 7.68. The summed E-state index contributed by atoms with van der Waals surface area (Å²) in [7, 11) is 0. The van der Waals surface area contributed by atoms with Crippen LogP contribution < -0.4 is 14.8 Å². The summed E-state index contributed by atoms with van der Waals surface area (Å²) in [6.45, 7) is 6.24. The number of H-pyrrole nitrogens is 1. The summed E-state index contributed by atoms with van der Waals surface area (Å²) >= 11 is 0. The van der Waals surface area contributed by atoms with Crippen molar-refractivity contribution in [2.45, 2.75) is 20.0 Å². The Morgan fingerprint density at radius 1 is 1.07 bits per heavy atom. The van der Waals surface area contributed by atoms with Crippen LogP contribution in [0.2, 0.25) is 0 Å². The van der Waals surface area contributed by atoms with Gasteiger partial charge in [-0.3, -0.25) is 19.4 Å². The Kier molecular flexibility index (Phi) is 5.78. The molecule has 3 rings (SSSR count). The van der Waals surface area contributed by atoms with Gasteiger partial charge in [0.2, 0.25) is 0 Å². The van der Waals surface area contributed by atoms with Gasteiger partial charge < -0.3 is 4.90 Å². The molecule has 1 aromatic heterocycles. The van der Waals surface area contributed by atoms with Crippen molar-refractivity contribution in [1.29, 1.82) is 0 Å². The highest BCUT2D eigenvalue weighted by molar-refractivity contribution is 6.44. The van der Waals surface area contributed by atoms with E-state index in [4.69, 9.17) is 0 Å². The number of halogens is 3. The number of urea groups is 1. The number of pyridine rings is 1. The summed E-state index contributed by atoms with van der Waals surface area (Å²) in [5.74, 6) is -0.960. The van der Waals surface area contributed by atoms with Crippen LogP contribution in [0.5, 0.6) is 0 Å². The lowest BCUT2D eigenvalue weighted by molar-refractivity contribution is -0.908. The van der Waals surface area contributed by atoms with Gasteiger partial charge in [0, 0.05) is 12.6 Å². The van der Waals surface area contributed by atoms with Crippen LogP contribution in [0, 0.1) is 5.92 Å². The topological polar surface area (TPSA) is 79.5 Å². The number of quaternary nitrogens is 1. The summed E-state index contributed by atoms with van der Waals surface area (Å²) in [5.41, 5.74) is -0.743. The average Bonchev–Trinajstić information content (AvgIpc) is 2.86. The summed E-state index contributed by atoms with van der Waals surface area (Å²) in [5, 5.41) is 0. The van der Waals surface area contributed by atoms with Gasteiger partial charge in [-0.1, -0.05) is 13.8 Å². The molecule has 0 saturated carbocycles. The van der Waals surface area contributed by atoms with E-state index in [1.165, 1.54) is 6.07 Å². The lowest BCUT2D eigenvalue weighted by Crippen LogP contribution is -3.16. The first kappa shape index (κ1) is 21.0. The van der Waals surface area contributed by atoms with E-state index < -0.39 is 29.6 Å². The maximum absolute atomic E-state index is 12.7. The first-order valence-corrected chi connectivity index (χ1v) is 9.42. The molecular formula is C18H24F3N5O3+2. The summed E-state index contributed by atoms with van der Waals surface area (Å²) in [6, 6.07) is 1.84. The fraction of sp³-hybridized carbons (Fsp3) is 0.556. The Balaban J connectivity index is 1.57. The van der Waals surface area contributed by atoms with E-state index in [1.54, 1.807) is 0 Å². The molecule has 2 aliphatic rings. The number of nitrogens with one attached hydrogen (secondary N) is 2. The molecule has 3 heterocycles. The first-order valence-electron chi connectivity index (χ1n) is 9.42. The molecule has 2 saturated heterocycles. The van der Waals surface area contributed by atoms with Gasteiger partial charge in [-0.2, -0.15) is 13.2 Å². The third-order valence-electron chi connectivity index (χ3n) is 5.00. The number of carbonyl (C=O) groups excluding carboxylic acids is 3. The summed E-state index contributed by atoms with van der Waals surface area (Å²) < 4.78 is 38.0. The van der Waals surface area contributed by atoms with Gasteiger partial charge in [0.15, 0.2) is 6.67 Å². The largest absolute Gasteiger partial charge is 0.419 e. The molecule has 158 valence electrons. The van der Waals surface area contributed by atoms with Crippen LogP contribution in [0.1, 0.15) is 19.4 Å². The molecule has 1 aromatic rings. The van der Waals surface area contributed by atoms with E-state index in [1.807, 2.05) is 18.7 Å². The molecule has 2 N–H and O–H groups in total. The van der Waals surface area contributed by atoms with Crippen LogP contribution in [-0.4, -0.2) is 67.0 Å². The monoisotopic (exact) mass is 415 g/mol. The Morgan fingerprint density at radius 3 is 2.21 bits per heavy atom. The average molecular weight is 415 g/mol. The fourth-order valence-corrected chi connectivity index (χ4v) is 3.45. The molecule has 29 heavy (non-hydrogen) atoms.